The molecule has 0 aromatic heterocycles. The number of morpholine rings is 1. The Bertz CT molecular complexity index is 204. The van der Waals surface area contributed by atoms with Gasteiger partial charge in [0.05, 0.1) is 0 Å². The third-order valence-electron chi connectivity index (χ3n) is 2.00. The van der Waals surface area contributed by atoms with Gasteiger partial charge in [-0.3, -0.25) is 9.46 Å². The fraction of sp³-hybridized carbons (Fsp3) is 0.625. The van der Waals surface area contributed by atoms with Crippen molar-refractivity contribution in [2.75, 3.05) is 6.61 Å². The van der Waals surface area contributed by atoms with Crippen LogP contribution in [0.5, 0.6) is 0 Å². The van der Waals surface area contributed by atoms with E-state index in [1.54, 1.807) is 6.08 Å². The van der Waals surface area contributed by atoms with Crippen LogP contribution in [0.2, 0.25) is 0 Å². The van der Waals surface area contributed by atoms with E-state index < -0.39 is 0 Å². The molecular weight excluding hydrogens is 237 g/mol. The normalized spacial score (nSPS) is 26.9. The van der Waals surface area contributed by atoms with Gasteiger partial charge >= 0.3 is 5.97 Å². The SMILES string of the molecule is C=CC[C@H]1C(=O)OC[C@H](C)N1P.S.S. The highest BCUT2D eigenvalue weighted by Crippen LogP contribution is 2.21. The van der Waals surface area contributed by atoms with Crippen molar-refractivity contribution >= 4 is 42.4 Å². The van der Waals surface area contributed by atoms with Gasteiger partial charge in [0.2, 0.25) is 0 Å². The number of carbonyl (C=O) groups is 1. The maximum Gasteiger partial charge on any atom is 0.324 e. The highest BCUT2D eigenvalue weighted by Gasteiger charge is 2.32. The topological polar surface area (TPSA) is 29.5 Å². The van der Waals surface area contributed by atoms with Gasteiger partial charge in [0, 0.05) is 6.04 Å². The molecule has 6 heteroatoms. The zero-order chi connectivity index (χ0) is 9.14. The maximum atomic E-state index is 11.2. The molecule has 1 heterocycles. The van der Waals surface area contributed by atoms with Crippen LogP contribution >= 0.6 is 36.4 Å². The number of hydrogen-bond acceptors (Lipinski definition) is 3. The molecule has 3 atom stereocenters. The predicted molar refractivity (Wildman–Crippen MR) is 71.3 cm³/mol. The van der Waals surface area contributed by atoms with Crippen LogP contribution in [0.25, 0.3) is 0 Å². The summed E-state index contributed by atoms with van der Waals surface area (Å²) in [6, 6.07) is 0.105. The van der Waals surface area contributed by atoms with Crippen LogP contribution in [0.4, 0.5) is 0 Å². The zero-order valence-corrected chi connectivity index (χ0v) is 11.3. The number of hydrogen-bond donors (Lipinski definition) is 0. The minimum atomic E-state index is -0.170. The van der Waals surface area contributed by atoms with E-state index in [0.717, 1.165) is 0 Å². The van der Waals surface area contributed by atoms with Gasteiger partial charge in [-0.2, -0.15) is 27.0 Å². The number of carbonyl (C=O) groups excluding carboxylic acids is 1. The molecule has 0 radical (unpaired) electrons. The highest BCUT2D eigenvalue weighted by molar-refractivity contribution is 7.59. The summed E-state index contributed by atoms with van der Waals surface area (Å²) in [6.45, 7) is 6.11. The van der Waals surface area contributed by atoms with Crippen LogP contribution in [0, 0.1) is 0 Å². The first-order valence-electron chi connectivity index (χ1n) is 3.97. The molecule has 1 fully saturated rings. The number of nitrogens with zero attached hydrogens (tertiary/aromatic N) is 1. The van der Waals surface area contributed by atoms with E-state index in [2.05, 4.69) is 16.0 Å². The summed E-state index contributed by atoms with van der Waals surface area (Å²) < 4.78 is 6.94. The van der Waals surface area contributed by atoms with Crippen molar-refractivity contribution in [1.82, 2.24) is 4.67 Å². The summed E-state index contributed by atoms with van der Waals surface area (Å²) in [6.07, 6.45) is 2.38. The molecule has 1 saturated heterocycles. The Kier molecular flexibility index (Phi) is 9.04. The molecule has 0 aromatic rings. The average Bonchev–Trinajstić information content (AvgIpc) is 2.06. The molecule has 0 spiro atoms. The molecule has 1 unspecified atom stereocenters. The lowest BCUT2D eigenvalue weighted by Gasteiger charge is -2.35. The second-order valence-electron chi connectivity index (χ2n) is 2.97. The van der Waals surface area contributed by atoms with E-state index in [-0.39, 0.29) is 45.0 Å². The first-order valence-corrected chi connectivity index (χ1v) is 4.49. The van der Waals surface area contributed by atoms with E-state index in [4.69, 9.17) is 4.74 Å². The van der Waals surface area contributed by atoms with Gasteiger partial charge < -0.3 is 4.74 Å². The first-order chi connectivity index (χ1) is 5.66. The van der Waals surface area contributed by atoms with Gasteiger partial charge in [-0.05, 0) is 13.3 Å². The van der Waals surface area contributed by atoms with Crippen LogP contribution in [-0.2, 0) is 9.53 Å². The summed E-state index contributed by atoms with van der Waals surface area (Å²) in [5.41, 5.74) is 0. The Balaban J connectivity index is 0. The van der Waals surface area contributed by atoms with E-state index in [9.17, 15) is 4.79 Å². The summed E-state index contributed by atoms with van der Waals surface area (Å²) in [5.74, 6) is -0.150. The molecule has 84 valence electrons. The van der Waals surface area contributed by atoms with Crippen molar-refractivity contribution in [3.63, 3.8) is 0 Å². The van der Waals surface area contributed by atoms with E-state index in [1.807, 2.05) is 11.6 Å². The van der Waals surface area contributed by atoms with Crippen LogP contribution in [0.15, 0.2) is 12.7 Å². The molecule has 1 rings (SSSR count). The molecule has 0 amide bonds. The molecule has 14 heavy (non-hydrogen) atoms. The molecule has 3 nitrogen and oxygen atoms in total. The third kappa shape index (κ3) is 3.81. The Morgan fingerprint density at radius 2 is 2.29 bits per heavy atom. The van der Waals surface area contributed by atoms with Gasteiger partial charge in [0.25, 0.3) is 0 Å². The van der Waals surface area contributed by atoms with Crippen LogP contribution < -0.4 is 0 Å². The maximum absolute atomic E-state index is 11.2. The van der Waals surface area contributed by atoms with E-state index >= 15 is 0 Å². The second kappa shape index (κ2) is 7.57. The predicted octanol–water partition coefficient (Wildman–Crippen LogP) is 1.19. The highest BCUT2D eigenvalue weighted by atomic mass is 32.1. The van der Waals surface area contributed by atoms with Crippen LogP contribution in [-0.4, -0.2) is 29.3 Å². The Morgan fingerprint density at radius 1 is 1.71 bits per heavy atom. The monoisotopic (exact) mass is 255 g/mol. The Labute approximate surface area is 101 Å². The van der Waals surface area contributed by atoms with Crippen molar-refractivity contribution in [2.24, 2.45) is 0 Å². The van der Waals surface area contributed by atoms with E-state index in [0.29, 0.717) is 13.0 Å². The number of ether oxygens (including phenoxy) is 1. The van der Waals surface area contributed by atoms with Crippen LogP contribution in [0.1, 0.15) is 13.3 Å². The lowest BCUT2D eigenvalue weighted by molar-refractivity contribution is -0.156. The number of esters is 1. The molecule has 0 aliphatic carbocycles. The van der Waals surface area contributed by atoms with Crippen molar-refractivity contribution in [3.8, 4) is 0 Å². The quantitative estimate of drug-likeness (QED) is 0.422. The molecular formula is C8H18NO2PS2. The summed E-state index contributed by atoms with van der Waals surface area (Å²) in [5, 5.41) is 0. The average molecular weight is 255 g/mol. The minimum absolute atomic E-state index is 0. The lowest BCUT2D eigenvalue weighted by atomic mass is 10.1. The van der Waals surface area contributed by atoms with Crippen molar-refractivity contribution in [2.45, 2.75) is 25.4 Å². The van der Waals surface area contributed by atoms with Gasteiger partial charge in [-0.1, -0.05) is 15.5 Å². The lowest BCUT2D eigenvalue weighted by Crippen LogP contribution is -2.48. The second-order valence-corrected chi connectivity index (χ2v) is 3.56. The molecule has 0 N–H and O–H groups in total. The minimum Gasteiger partial charge on any atom is -0.463 e. The molecule has 0 aromatic carbocycles. The first kappa shape index (κ1) is 16.7. The van der Waals surface area contributed by atoms with Gasteiger partial charge in [-0.25, -0.2) is 0 Å². The van der Waals surface area contributed by atoms with E-state index in [1.165, 1.54) is 0 Å². The van der Waals surface area contributed by atoms with Crippen LogP contribution in [0.3, 0.4) is 0 Å². The standard InChI is InChI=1S/C8H14NO2P.2H2S/c1-3-4-7-8(10)11-5-6(2)9(7)12;;/h3,6-7H,1,4-5,12H2,2H3;2*1H2/t6-,7-;;/m0../s1. The summed E-state index contributed by atoms with van der Waals surface area (Å²) >= 11 is 0. The molecule has 1 aliphatic rings. The largest absolute Gasteiger partial charge is 0.463 e. The Morgan fingerprint density at radius 3 is 2.79 bits per heavy atom. The fourth-order valence-corrected chi connectivity index (χ4v) is 1.52. The van der Waals surface area contributed by atoms with Gasteiger partial charge in [-0.15, -0.1) is 6.58 Å². The van der Waals surface area contributed by atoms with Crippen molar-refractivity contribution < 1.29 is 9.53 Å². The van der Waals surface area contributed by atoms with Crippen molar-refractivity contribution in [3.05, 3.63) is 12.7 Å². The number of cyclic esters (lactones) is 1. The smallest absolute Gasteiger partial charge is 0.324 e. The molecule has 0 saturated carbocycles. The zero-order valence-electron chi connectivity index (χ0n) is 8.19. The van der Waals surface area contributed by atoms with Crippen molar-refractivity contribution in [1.29, 1.82) is 0 Å². The Hall–Kier alpha value is 0.300. The number of rotatable bonds is 2. The molecule has 0 bridgehead atoms. The summed E-state index contributed by atoms with van der Waals surface area (Å²) in [7, 11) is 2.57. The van der Waals surface area contributed by atoms with Gasteiger partial charge in [0.1, 0.15) is 12.6 Å². The van der Waals surface area contributed by atoms with Gasteiger partial charge in [0.15, 0.2) is 0 Å². The third-order valence-corrected chi connectivity index (χ3v) is 2.87. The summed E-state index contributed by atoms with van der Waals surface area (Å²) in [4.78, 5) is 11.2. The fourth-order valence-electron chi connectivity index (χ4n) is 1.19. The molecule has 1 aliphatic heterocycles.